The first-order valence-corrected chi connectivity index (χ1v) is 6.96. The Morgan fingerprint density at radius 2 is 1.78 bits per heavy atom. The minimum Gasteiger partial charge on any atom is -0.354 e. The van der Waals surface area contributed by atoms with Crippen LogP contribution in [-0.4, -0.2) is 59.5 Å². The van der Waals surface area contributed by atoms with Gasteiger partial charge in [-0.1, -0.05) is 12.7 Å². The number of rotatable bonds is 5. The first-order valence-electron chi connectivity index (χ1n) is 6.96. The molecule has 0 atom stereocenters. The van der Waals surface area contributed by atoms with Gasteiger partial charge in [-0.05, 0) is 40.1 Å². The van der Waals surface area contributed by atoms with Gasteiger partial charge in [0, 0.05) is 44.8 Å². The smallest absolute Gasteiger partial charge is 0.0346 e. The lowest BCUT2D eigenvalue weighted by molar-refractivity contribution is 0.0609. The van der Waals surface area contributed by atoms with Crippen molar-refractivity contribution in [2.75, 3.05) is 39.3 Å². The van der Waals surface area contributed by atoms with E-state index in [0.717, 1.165) is 13.1 Å². The molecule has 0 aliphatic carbocycles. The standard InChI is InChI=1S/C15H29N3/c1-6-8-16(7-2)9-10-17-11-13-18(14-12-17)15(3,4)5/h6-8H,2,9-14H2,1,3-5H3/b8-6-. The van der Waals surface area contributed by atoms with Gasteiger partial charge in [0.1, 0.15) is 0 Å². The van der Waals surface area contributed by atoms with Gasteiger partial charge in [-0.25, -0.2) is 0 Å². The Morgan fingerprint density at radius 3 is 2.22 bits per heavy atom. The summed E-state index contributed by atoms with van der Waals surface area (Å²) < 4.78 is 0. The fraction of sp³-hybridized carbons (Fsp3) is 0.733. The summed E-state index contributed by atoms with van der Waals surface area (Å²) in [7, 11) is 0. The fourth-order valence-electron chi connectivity index (χ4n) is 2.32. The van der Waals surface area contributed by atoms with Gasteiger partial charge in [0.15, 0.2) is 0 Å². The summed E-state index contributed by atoms with van der Waals surface area (Å²) in [6.45, 7) is 19.6. The number of piperazine rings is 1. The average molecular weight is 251 g/mol. The van der Waals surface area contributed by atoms with Crippen molar-refractivity contribution in [3.63, 3.8) is 0 Å². The van der Waals surface area contributed by atoms with Crippen LogP contribution in [0.5, 0.6) is 0 Å². The van der Waals surface area contributed by atoms with Gasteiger partial charge in [-0.3, -0.25) is 9.80 Å². The highest BCUT2D eigenvalue weighted by Crippen LogP contribution is 2.15. The summed E-state index contributed by atoms with van der Waals surface area (Å²) in [5, 5.41) is 0. The molecule has 1 heterocycles. The maximum absolute atomic E-state index is 3.84. The van der Waals surface area contributed by atoms with E-state index in [-0.39, 0.29) is 0 Å². The first-order chi connectivity index (χ1) is 8.47. The molecule has 1 aliphatic heterocycles. The highest BCUT2D eigenvalue weighted by molar-refractivity contribution is 4.87. The lowest BCUT2D eigenvalue weighted by Gasteiger charge is -2.42. The largest absolute Gasteiger partial charge is 0.354 e. The summed E-state index contributed by atoms with van der Waals surface area (Å²) in [4.78, 5) is 7.26. The van der Waals surface area contributed by atoms with Crippen molar-refractivity contribution < 1.29 is 0 Å². The van der Waals surface area contributed by atoms with Gasteiger partial charge in [-0.15, -0.1) is 0 Å². The van der Waals surface area contributed by atoms with E-state index >= 15 is 0 Å². The second-order valence-electron chi connectivity index (χ2n) is 5.90. The average Bonchev–Trinajstić information content (AvgIpc) is 2.34. The van der Waals surface area contributed by atoms with Crippen molar-refractivity contribution in [3.05, 3.63) is 25.1 Å². The summed E-state index contributed by atoms with van der Waals surface area (Å²) >= 11 is 0. The molecule has 18 heavy (non-hydrogen) atoms. The van der Waals surface area contributed by atoms with E-state index in [0.29, 0.717) is 5.54 Å². The molecular formula is C15H29N3. The molecule has 1 aliphatic rings. The van der Waals surface area contributed by atoms with Gasteiger partial charge in [0.25, 0.3) is 0 Å². The van der Waals surface area contributed by atoms with E-state index in [4.69, 9.17) is 0 Å². The van der Waals surface area contributed by atoms with Crippen LogP contribution in [0.25, 0.3) is 0 Å². The Kier molecular flexibility index (Phi) is 5.89. The molecule has 0 spiro atoms. The lowest BCUT2D eigenvalue weighted by atomic mass is 10.1. The van der Waals surface area contributed by atoms with E-state index in [1.807, 2.05) is 13.1 Å². The Morgan fingerprint density at radius 1 is 1.17 bits per heavy atom. The molecule has 0 radical (unpaired) electrons. The molecule has 3 nitrogen and oxygen atoms in total. The second kappa shape index (κ2) is 6.95. The number of hydrogen-bond donors (Lipinski definition) is 0. The minimum atomic E-state index is 0.310. The molecule has 0 N–H and O–H groups in total. The van der Waals surface area contributed by atoms with Crippen molar-refractivity contribution in [1.29, 1.82) is 0 Å². The van der Waals surface area contributed by atoms with Gasteiger partial charge in [-0.2, -0.15) is 0 Å². The third kappa shape index (κ3) is 4.83. The zero-order valence-corrected chi connectivity index (χ0v) is 12.5. The molecule has 1 saturated heterocycles. The third-order valence-electron chi connectivity index (χ3n) is 3.57. The van der Waals surface area contributed by atoms with E-state index in [9.17, 15) is 0 Å². The maximum atomic E-state index is 3.84. The van der Waals surface area contributed by atoms with Gasteiger partial charge in [0.2, 0.25) is 0 Å². The van der Waals surface area contributed by atoms with Crippen molar-refractivity contribution >= 4 is 0 Å². The molecule has 0 bridgehead atoms. The third-order valence-corrected chi connectivity index (χ3v) is 3.57. The monoisotopic (exact) mass is 251 g/mol. The molecule has 0 unspecified atom stereocenters. The summed E-state index contributed by atoms with van der Waals surface area (Å²) in [5.41, 5.74) is 0.310. The number of hydrogen-bond acceptors (Lipinski definition) is 3. The molecule has 1 rings (SSSR count). The van der Waals surface area contributed by atoms with Crippen molar-refractivity contribution in [2.24, 2.45) is 0 Å². The molecule has 104 valence electrons. The Labute approximate surface area is 113 Å². The molecule has 1 fully saturated rings. The molecule has 0 aromatic rings. The van der Waals surface area contributed by atoms with Crippen molar-refractivity contribution in [2.45, 2.75) is 33.2 Å². The van der Waals surface area contributed by atoms with Gasteiger partial charge < -0.3 is 4.90 Å². The molecule has 0 aromatic carbocycles. The van der Waals surface area contributed by atoms with E-state index in [2.05, 4.69) is 54.3 Å². The molecule has 0 amide bonds. The van der Waals surface area contributed by atoms with Crippen LogP contribution in [0.3, 0.4) is 0 Å². The highest BCUT2D eigenvalue weighted by atomic mass is 15.3. The normalized spacial score (nSPS) is 19.3. The molecule has 0 aromatic heterocycles. The quantitative estimate of drug-likeness (QED) is 0.743. The number of nitrogens with zero attached hydrogens (tertiary/aromatic N) is 3. The Hall–Kier alpha value is -0.800. The maximum Gasteiger partial charge on any atom is 0.0346 e. The number of allylic oxidation sites excluding steroid dienone is 1. The van der Waals surface area contributed by atoms with Crippen LogP contribution < -0.4 is 0 Å². The van der Waals surface area contributed by atoms with Crippen LogP contribution in [0.2, 0.25) is 0 Å². The second-order valence-corrected chi connectivity index (χ2v) is 5.90. The van der Waals surface area contributed by atoms with Crippen LogP contribution >= 0.6 is 0 Å². The van der Waals surface area contributed by atoms with E-state index in [1.165, 1.54) is 26.2 Å². The predicted molar refractivity (Wildman–Crippen MR) is 79.5 cm³/mol. The highest BCUT2D eigenvalue weighted by Gasteiger charge is 2.25. The van der Waals surface area contributed by atoms with Gasteiger partial charge >= 0.3 is 0 Å². The van der Waals surface area contributed by atoms with E-state index < -0.39 is 0 Å². The van der Waals surface area contributed by atoms with Gasteiger partial charge in [0.05, 0.1) is 0 Å². The zero-order valence-electron chi connectivity index (χ0n) is 12.5. The fourth-order valence-corrected chi connectivity index (χ4v) is 2.32. The van der Waals surface area contributed by atoms with E-state index in [1.54, 1.807) is 0 Å². The summed E-state index contributed by atoms with van der Waals surface area (Å²) in [5.74, 6) is 0. The van der Waals surface area contributed by atoms with Crippen molar-refractivity contribution in [1.82, 2.24) is 14.7 Å². The topological polar surface area (TPSA) is 9.72 Å². The first kappa shape index (κ1) is 15.3. The zero-order chi connectivity index (χ0) is 13.6. The van der Waals surface area contributed by atoms with Crippen LogP contribution in [0.4, 0.5) is 0 Å². The molecular weight excluding hydrogens is 222 g/mol. The summed E-state index contributed by atoms with van der Waals surface area (Å²) in [6.07, 6.45) is 6.03. The van der Waals surface area contributed by atoms with Crippen LogP contribution in [0.1, 0.15) is 27.7 Å². The SMILES string of the molecule is C=CN(/C=C\C)CCN1CCN(C(C)(C)C)CC1. The minimum absolute atomic E-state index is 0.310. The summed E-state index contributed by atoms with van der Waals surface area (Å²) in [6, 6.07) is 0. The Bertz CT molecular complexity index is 270. The molecule has 3 heteroatoms. The van der Waals surface area contributed by atoms with Crippen LogP contribution in [0.15, 0.2) is 25.1 Å². The van der Waals surface area contributed by atoms with Crippen LogP contribution in [-0.2, 0) is 0 Å². The Balaban J connectivity index is 2.29. The lowest BCUT2D eigenvalue weighted by Crippen LogP contribution is -2.54. The molecule has 0 saturated carbocycles. The van der Waals surface area contributed by atoms with Crippen molar-refractivity contribution in [3.8, 4) is 0 Å². The predicted octanol–water partition coefficient (Wildman–Crippen LogP) is 2.38. The van der Waals surface area contributed by atoms with Crippen LogP contribution in [0, 0.1) is 0 Å².